The Hall–Kier alpha value is -3.85. The maximum absolute atomic E-state index is 13.6. The van der Waals surface area contributed by atoms with Gasteiger partial charge >= 0.3 is 0 Å². The zero-order valence-corrected chi connectivity index (χ0v) is 19.1. The van der Waals surface area contributed by atoms with Gasteiger partial charge in [-0.15, -0.1) is 0 Å². The summed E-state index contributed by atoms with van der Waals surface area (Å²) in [6, 6.07) is 17.7. The summed E-state index contributed by atoms with van der Waals surface area (Å²) < 4.78 is 57.5. The van der Waals surface area contributed by atoms with Crippen molar-refractivity contribution in [2.45, 2.75) is 23.4 Å². The van der Waals surface area contributed by atoms with E-state index in [4.69, 9.17) is 13.9 Å². The van der Waals surface area contributed by atoms with Gasteiger partial charge in [0.15, 0.2) is 11.5 Å². The predicted octanol–water partition coefficient (Wildman–Crippen LogP) is 5.01. The molecule has 4 aromatic rings. The van der Waals surface area contributed by atoms with E-state index in [-0.39, 0.29) is 34.1 Å². The molecule has 0 saturated heterocycles. The fourth-order valence-electron chi connectivity index (χ4n) is 3.62. The smallest absolute Gasteiger partial charge is 0.234 e. The Morgan fingerprint density at radius 3 is 2.47 bits per heavy atom. The molecule has 3 aromatic carbocycles. The van der Waals surface area contributed by atoms with Crippen molar-refractivity contribution in [3.63, 3.8) is 0 Å². The van der Waals surface area contributed by atoms with Gasteiger partial charge in [-0.1, -0.05) is 30.3 Å². The van der Waals surface area contributed by atoms with Crippen molar-refractivity contribution in [2.24, 2.45) is 0 Å². The molecule has 1 aliphatic heterocycles. The van der Waals surface area contributed by atoms with E-state index in [1.165, 1.54) is 24.3 Å². The van der Waals surface area contributed by atoms with Crippen molar-refractivity contribution >= 4 is 15.7 Å². The van der Waals surface area contributed by atoms with Gasteiger partial charge in [0, 0.05) is 18.2 Å². The van der Waals surface area contributed by atoms with Crippen LogP contribution in [0.25, 0.3) is 11.5 Å². The monoisotopic (exact) mass is 480 g/mol. The Morgan fingerprint density at radius 2 is 1.71 bits per heavy atom. The first-order chi connectivity index (χ1) is 16.4. The summed E-state index contributed by atoms with van der Waals surface area (Å²) >= 11 is 0. The van der Waals surface area contributed by atoms with Crippen LogP contribution in [0.2, 0.25) is 0 Å². The fourth-order valence-corrected chi connectivity index (χ4v) is 4.91. The molecule has 174 valence electrons. The van der Waals surface area contributed by atoms with Crippen LogP contribution in [-0.4, -0.2) is 26.6 Å². The molecule has 9 heteroatoms. The van der Waals surface area contributed by atoms with Gasteiger partial charge in [0.05, 0.1) is 4.90 Å². The summed E-state index contributed by atoms with van der Waals surface area (Å²) in [6.45, 7) is 2.84. The number of nitrogens with zero attached hydrogens (tertiary/aromatic N) is 1. The number of halogens is 1. The zero-order chi connectivity index (χ0) is 23.7. The van der Waals surface area contributed by atoms with Gasteiger partial charge in [0.1, 0.15) is 19.0 Å². The lowest BCUT2D eigenvalue weighted by atomic mass is 10.1. The van der Waals surface area contributed by atoms with Gasteiger partial charge in [-0.25, -0.2) is 12.8 Å². The normalized spacial score (nSPS) is 13.0. The van der Waals surface area contributed by atoms with Crippen LogP contribution in [0.4, 0.5) is 10.3 Å². The number of benzene rings is 3. The number of sulfone groups is 1. The SMILES string of the molecule is Cc1ccccc1-c1nc(S(=O)(=O)c2ccc3c(c2)OCCO3)c(NCc2ccc(F)cc2)o1. The van der Waals surface area contributed by atoms with Crippen LogP contribution >= 0.6 is 0 Å². The highest BCUT2D eigenvalue weighted by atomic mass is 32.2. The lowest BCUT2D eigenvalue weighted by molar-refractivity contribution is 0.171. The number of aromatic nitrogens is 1. The average molecular weight is 481 g/mol. The van der Waals surface area contributed by atoms with E-state index < -0.39 is 9.84 Å². The third-order valence-electron chi connectivity index (χ3n) is 5.42. The third kappa shape index (κ3) is 4.22. The molecule has 0 unspecified atom stereocenters. The molecular weight excluding hydrogens is 459 g/mol. The van der Waals surface area contributed by atoms with Gasteiger partial charge in [-0.3, -0.25) is 0 Å². The van der Waals surface area contributed by atoms with Crippen LogP contribution in [0.3, 0.4) is 0 Å². The third-order valence-corrected chi connectivity index (χ3v) is 7.08. The van der Waals surface area contributed by atoms with E-state index in [0.717, 1.165) is 11.1 Å². The van der Waals surface area contributed by atoms with Crippen molar-refractivity contribution in [2.75, 3.05) is 18.5 Å². The second-order valence-corrected chi connectivity index (χ2v) is 9.62. The zero-order valence-electron chi connectivity index (χ0n) is 18.2. The van der Waals surface area contributed by atoms with Crippen molar-refractivity contribution in [3.8, 4) is 23.0 Å². The van der Waals surface area contributed by atoms with Gasteiger partial charge in [0.25, 0.3) is 0 Å². The van der Waals surface area contributed by atoms with Gasteiger partial charge in [0.2, 0.25) is 26.6 Å². The molecule has 34 heavy (non-hydrogen) atoms. The van der Waals surface area contributed by atoms with E-state index in [1.54, 1.807) is 18.2 Å². The lowest BCUT2D eigenvalue weighted by Gasteiger charge is -2.18. The number of aryl methyl sites for hydroxylation is 1. The average Bonchev–Trinajstić information content (AvgIpc) is 3.28. The number of fused-ring (bicyclic) bond motifs is 1. The molecular formula is C25H21FN2O5S. The minimum Gasteiger partial charge on any atom is -0.486 e. The standard InChI is InChI=1S/C25H21FN2O5S/c1-16-4-2-3-5-20(16)23-28-25(24(33-23)27-15-17-6-8-18(26)9-7-17)34(29,30)19-10-11-21-22(14-19)32-13-12-31-21/h2-11,14,27H,12-13,15H2,1H3. The summed E-state index contributed by atoms with van der Waals surface area (Å²) in [7, 11) is -4.08. The quantitative estimate of drug-likeness (QED) is 0.415. The van der Waals surface area contributed by atoms with Crippen LogP contribution < -0.4 is 14.8 Å². The summed E-state index contributed by atoms with van der Waals surface area (Å²) in [5.41, 5.74) is 2.31. The first-order valence-electron chi connectivity index (χ1n) is 10.6. The number of ether oxygens (including phenoxy) is 2. The predicted molar refractivity (Wildman–Crippen MR) is 123 cm³/mol. The number of hydrogen-bond acceptors (Lipinski definition) is 7. The van der Waals surface area contributed by atoms with Gasteiger partial charge in [-0.05, 0) is 48.4 Å². The molecule has 5 rings (SSSR count). The van der Waals surface area contributed by atoms with Crippen LogP contribution in [0, 0.1) is 12.7 Å². The first-order valence-corrected chi connectivity index (χ1v) is 12.1. The number of hydrogen-bond donors (Lipinski definition) is 1. The van der Waals surface area contributed by atoms with Gasteiger partial charge < -0.3 is 19.2 Å². The molecule has 0 saturated carbocycles. The number of nitrogens with one attached hydrogen (secondary N) is 1. The Bertz CT molecular complexity index is 1450. The Balaban J connectivity index is 1.56. The van der Waals surface area contributed by atoms with Crippen molar-refractivity contribution in [3.05, 3.63) is 83.7 Å². The van der Waals surface area contributed by atoms with Crippen molar-refractivity contribution in [1.29, 1.82) is 0 Å². The molecule has 2 heterocycles. The molecule has 1 aromatic heterocycles. The van der Waals surface area contributed by atoms with Crippen LogP contribution in [0.5, 0.6) is 11.5 Å². The summed E-state index contributed by atoms with van der Waals surface area (Å²) in [5.74, 6) is 0.664. The van der Waals surface area contributed by atoms with Crippen molar-refractivity contribution < 1.29 is 26.7 Å². The Morgan fingerprint density at radius 1 is 0.971 bits per heavy atom. The highest BCUT2D eigenvalue weighted by Crippen LogP contribution is 2.37. The summed E-state index contributed by atoms with van der Waals surface area (Å²) in [4.78, 5) is 4.38. The van der Waals surface area contributed by atoms with E-state index in [9.17, 15) is 12.8 Å². The molecule has 0 bridgehead atoms. The molecule has 0 spiro atoms. The molecule has 1 aliphatic rings. The Kier molecular flexibility index (Phi) is 5.70. The number of oxazole rings is 1. The number of rotatable bonds is 6. The van der Waals surface area contributed by atoms with Gasteiger partial charge in [-0.2, -0.15) is 4.98 Å². The minimum atomic E-state index is -4.08. The van der Waals surface area contributed by atoms with E-state index in [0.29, 0.717) is 30.3 Å². The molecule has 0 amide bonds. The number of anilines is 1. The molecule has 0 radical (unpaired) electrons. The Labute approximate surface area is 196 Å². The molecule has 1 N–H and O–H groups in total. The second-order valence-electron chi connectivity index (χ2n) is 7.76. The molecule has 7 nitrogen and oxygen atoms in total. The fraction of sp³-hybridized carbons (Fsp3) is 0.160. The summed E-state index contributed by atoms with van der Waals surface area (Å²) in [5, 5.41) is 2.76. The first kappa shape index (κ1) is 22.0. The molecule has 0 fully saturated rings. The second kappa shape index (κ2) is 8.83. The van der Waals surface area contributed by atoms with E-state index in [2.05, 4.69) is 10.3 Å². The molecule has 0 atom stereocenters. The summed E-state index contributed by atoms with van der Waals surface area (Å²) in [6.07, 6.45) is 0. The topological polar surface area (TPSA) is 90.7 Å². The maximum Gasteiger partial charge on any atom is 0.234 e. The van der Waals surface area contributed by atoms with E-state index >= 15 is 0 Å². The molecule has 0 aliphatic carbocycles. The largest absolute Gasteiger partial charge is 0.486 e. The minimum absolute atomic E-state index is 0.00235. The highest BCUT2D eigenvalue weighted by Gasteiger charge is 2.30. The van der Waals surface area contributed by atoms with Crippen LogP contribution in [0.1, 0.15) is 11.1 Å². The maximum atomic E-state index is 13.6. The highest BCUT2D eigenvalue weighted by molar-refractivity contribution is 7.91. The van der Waals surface area contributed by atoms with Crippen LogP contribution in [0.15, 0.2) is 81.1 Å². The van der Waals surface area contributed by atoms with E-state index in [1.807, 2.05) is 31.2 Å². The van der Waals surface area contributed by atoms with Crippen LogP contribution in [-0.2, 0) is 16.4 Å². The van der Waals surface area contributed by atoms with Crippen molar-refractivity contribution in [1.82, 2.24) is 4.98 Å². The lowest BCUT2D eigenvalue weighted by Crippen LogP contribution is -2.16.